The maximum absolute atomic E-state index is 11.9. The fourth-order valence-electron chi connectivity index (χ4n) is 3.28. The second kappa shape index (κ2) is 6.39. The summed E-state index contributed by atoms with van der Waals surface area (Å²) in [6, 6.07) is 0. The zero-order valence-electron chi connectivity index (χ0n) is 11.2. The molecule has 0 spiro atoms. The third-order valence-corrected chi connectivity index (χ3v) is 4.52. The highest BCUT2D eigenvalue weighted by atomic mass is 35.5. The van der Waals surface area contributed by atoms with Gasteiger partial charge in [0.15, 0.2) is 0 Å². The van der Waals surface area contributed by atoms with Crippen molar-refractivity contribution in [3.8, 4) is 0 Å². The van der Waals surface area contributed by atoms with E-state index in [4.69, 9.17) is 9.47 Å². The zero-order chi connectivity index (χ0) is 12.4. The quantitative estimate of drug-likeness (QED) is 0.808. The second-order valence-corrected chi connectivity index (χ2v) is 5.79. The molecule has 6 heteroatoms. The molecule has 19 heavy (non-hydrogen) atoms. The van der Waals surface area contributed by atoms with Crippen molar-refractivity contribution in [2.24, 2.45) is 11.3 Å². The third-order valence-electron chi connectivity index (χ3n) is 4.52. The molecule has 0 saturated carbocycles. The van der Waals surface area contributed by atoms with Crippen LogP contribution in [0.15, 0.2) is 0 Å². The van der Waals surface area contributed by atoms with Gasteiger partial charge in [0, 0.05) is 37.5 Å². The largest absolute Gasteiger partial charge is 0.380 e. The topological polar surface area (TPSA) is 50.8 Å². The van der Waals surface area contributed by atoms with Crippen LogP contribution in [0.4, 0.5) is 0 Å². The van der Waals surface area contributed by atoms with E-state index in [9.17, 15) is 4.79 Å². The molecule has 0 aromatic carbocycles. The van der Waals surface area contributed by atoms with Crippen LogP contribution in [0.25, 0.3) is 0 Å². The van der Waals surface area contributed by atoms with E-state index < -0.39 is 0 Å². The van der Waals surface area contributed by atoms with E-state index in [-0.39, 0.29) is 30.3 Å². The van der Waals surface area contributed by atoms with Gasteiger partial charge in [-0.25, -0.2) is 0 Å². The minimum atomic E-state index is 0. The Bertz CT molecular complexity index is 311. The number of hydrogen-bond donors (Lipinski definition) is 1. The van der Waals surface area contributed by atoms with Crippen LogP contribution in [0.1, 0.15) is 12.8 Å². The lowest BCUT2D eigenvalue weighted by Gasteiger charge is -2.26. The number of likely N-dealkylation sites (tertiary alicyclic amines) is 1. The van der Waals surface area contributed by atoms with Gasteiger partial charge in [-0.05, 0) is 12.8 Å². The van der Waals surface area contributed by atoms with Crippen LogP contribution in [0, 0.1) is 11.3 Å². The molecular formula is C13H23ClN2O3. The first-order chi connectivity index (χ1) is 8.80. The van der Waals surface area contributed by atoms with Gasteiger partial charge in [0.2, 0.25) is 5.91 Å². The number of carbonyl (C=O) groups excluding carboxylic acids is 1. The molecule has 0 radical (unpaired) electrons. The van der Waals surface area contributed by atoms with Gasteiger partial charge in [0.25, 0.3) is 0 Å². The smallest absolute Gasteiger partial charge is 0.248 e. The summed E-state index contributed by atoms with van der Waals surface area (Å²) >= 11 is 0. The molecule has 0 aromatic rings. The number of ether oxygens (including phenoxy) is 2. The number of nitrogens with one attached hydrogen (secondary N) is 1. The number of amides is 1. The van der Waals surface area contributed by atoms with Crippen LogP contribution >= 0.6 is 12.4 Å². The molecule has 3 heterocycles. The van der Waals surface area contributed by atoms with E-state index in [1.54, 1.807) is 0 Å². The molecule has 5 nitrogen and oxygen atoms in total. The molecule has 2 atom stereocenters. The molecule has 0 aliphatic carbocycles. The Morgan fingerprint density at radius 1 is 1.42 bits per heavy atom. The lowest BCUT2D eigenvalue weighted by atomic mass is 9.82. The van der Waals surface area contributed by atoms with E-state index in [0.29, 0.717) is 12.5 Å². The first-order valence-electron chi connectivity index (χ1n) is 6.94. The number of rotatable bonds is 4. The highest BCUT2D eigenvalue weighted by molar-refractivity contribution is 5.85. The van der Waals surface area contributed by atoms with Crippen molar-refractivity contribution >= 4 is 18.3 Å². The van der Waals surface area contributed by atoms with Crippen molar-refractivity contribution in [1.82, 2.24) is 10.2 Å². The summed E-state index contributed by atoms with van der Waals surface area (Å²) < 4.78 is 11.2. The SMILES string of the molecule is Cl.O=C(COC[C@@]12CNC[C@@H]1COC2)N1CCCC1. The van der Waals surface area contributed by atoms with Crippen LogP contribution in [-0.2, 0) is 14.3 Å². The van der Waals surface area contributed by atoms with E-state index in [2.05, 4.69) is 5.32 Å². The Morgan fingerprint density at radius 2 is 2.21 bits per heavy atom. The van der Waals surface area contributed by atoms with E-state index >= 15 is 0 Å². The number of fused-ring (bicyclic) bond motifs is 1. The Kier molecular flexibility index (Phi) is 5.06. The van der Waals surface area contributed by atoms with Gasteiger partial charge in [-0.1, -0.05) is 0 Å². The first kappa shape index (κ1) is 15.0. The van der Waals surface area contributed by atoms with Gasteiger partial charge in [-0.3, -0.25) is 4.79 Å². The minimum absolute atomic E-state index is 0. The molecule has 3 aliphatic rings. The summed E-state index contributed by atoms with van der Waals surface area (Å²) in [6.45, 7) is 6.25. The number of hydrogen-bond acceptors (Lipinski definition) is 4. The average molecular weight is 291 g/mol. The number of carbonyl (C=O) groups is 1. The Labute approximate surface area is 120 Å². The molecule has 3 rings (SSSR count). The van der Waals surface area contributed by atoms with Crippen LogP contribution in [0.2, 0.25) is 0 Å². The lowest BCUT2D eigenvalue weighted by Crippen LogP contribution is -2.37. The highest BCUT2D eigenvalue weighted by Gasteiger charge is 2.47. The average Bonchev–Trinajstić information content (AvgIpc) is 3.04. The minimum Gasteiger partial charge on any atom is -0.380 e. The molecule has 1 amide bonds. The summed E-state index contributed by atoms with van der Waals surface area (Å²) in [4.78, 5) is 13.8. The van der Waals surface area contributed by atoms with E-state index in [1.165, 1.54) is 0 Å². The number of nitrogens with zero attached hydrogens (tertiary/aromatic N) is 1. The van der Waals surface area contributed by atoms with Crippen molar-refractivity contribution in [3.05, 3.63) is 0 Å². The monoisotopic (exact) mass is 290 g/mol. The predicted molar refractivity (Wildman–Crippen MR) is 73.5 cm³/mol. The van der Waals surface area contributed by atoms with Gasteiger partial charge in [-0.15, -0.1) is 12.4 Å². The van der Waals surface area contributed by atoms with Crippen molar-refractivity contribution in [3.63, 3.8) is 0 Å². The summed E-state index contributed by atoms with van der Waals surface area (Å²) in [6.07, 6.45) is 2.27. The molecular weight excluding hydrogens is 268 g/mol. The van der Waals surface area contributed by atoms with Crippen molar-refractivity contribution < 1.29 is 14.3 Å². The predicted octanol–water partition coefficient (Wildman–Crippen LogP) is 0.283. The second-order valence-electron chi connectivity index (χ2n) is 5.79. The van der Waals surface area contributed by atoms with E-state index in [1.807, 2.05) is 4.90 Å². The van der Waals surface area contributed by atoms with Gasteiger partial charge >= 0.3 is 0 Å². The molecule has 3 fully saturated rings. The molecule has 3 aliphatic heterocycles. The standard InChI is InChI=1S/C13H22N2O3.ClH/c16-12(15-3-1-2-4-15)7-18-10-13-8-14-5-11(13)6-17-9-13;/h11,14H,1-10H2;1H/t11-,13+;/m1./s1. The molecule has 1 N–H and O–H groups in total. The molecule has 3 saturated heterocycles. The Morgan fingerprint density at radius 3 is 3.00 bits per heavy atom. The maximum atomic E-state index is 11.9. The van der Waals surface area contributed by atoms with Crippen LogP contribution < -0.4 is 5.32 Å². The molecule has 0 aromatic heterocycles. The summed E-state index contributed by atoms with van der Waals surface area (Å²) in [7, 11) is 0. The fraction of sp³-hybridized carbons (Fsp3) is 0.923. The Hall–Kier alpha value is -0.360. The van der Waals surface area contributed by atoms with Crippen LogP contribution in [-0.4, -0.2) is 63.4 Å². The van der Waals surface area contributed by atoms with Crippen molar-refractivity contribution in [1.29, 1.82) is 0 Å². The zero-order valence-corrected chi connectivity index (χ0v) is 12.0. The van der Waals surface area contributed by atoms with Gasteiger partial charge in [0.05, 0.1) is 19.8 Å². The van der Waals surface area contributed by atoms with Gasteiger partial charge in [0.1, 0.15) is 6.61 Å². The number of halogens is 1. The lowest BCUT2D eigenvalue weighted by molar-refractivity contribution is -0.136. The third kappa shape index (κ3) is 3.05. The van der Waals surface area contributed by atoms with Gasteiger partial charge < -0.3 is 19.7 Å². The maximum Gasteiger partial charge on any atom is 0.248 e. The van der Waals surface area contributed by atoms with Crippen molar-refractivity contribution in [2.75, 3.05) is 52.6 Å². The summed E-state index contributed by atoms with van der Waals surface area (Å²) in [5, 5.41) is 3.40. The molecule has 0 unspecified atom stereocenters. The fourth-order valence-corrected chi connectivity index (χ4v) is 3.28. The van der Waals surface area contributed by atoms with Crippen LogP contribution in [0.3, 0.4) is 0 Å². The molecule has 0 bridgehead atoms. The van der Waals surface area contributed by atoms with E-state index in [0.717, 1.165) is 52.2 Å². The summed E-state index contributed by atoms with van der Waals surface area (Å²) in [5.74, 6) is 0.699. The summed E-state index contributed by atoms with van der Waals surface area (Å²) in [5.41, 5.74) is 0.116. The highest BCUT2D eigenvalue weighted by Crippen LogP contribution is 2.37. The molecule has 110 valence electrons. The first-order valence-corrected chi connectivity index (χ1v) is 6.94. The van der Waals surface area contributed by atoms with Gasteiger partial charge in [-0.2, -0.15) is 0 Å². The van der Waals surface area contributed by atoms with Crippen LogP contribution in [0.5, 0.6) is 0 Å². The van der Waals surface area contributed by atoms with Crippen molar-refractivity contribution in [2.45, 2.75) is 12.8 Å². The Balaban J connectivity index is 0.00000133. The normalized spacial score (nSPS) is 33.3.